The van der Waals surface area contributed by atoms with Crippen LogP contribution in [0.4, 0.5) is 34.8 Å². The molecule has 0 saturated carbocycles. The van der Waals surface area contributed by atoms with E-state index in [0.29, 0.717) is 35.6 Å². The molecule has 1 amide bonds. The summed E-state index contributed by atoms with van der Waals surface area (Å²) >= 11 is 0. The van der Waals surface area contributed by atoms with Crippen LogP contribution in [0.3, 0.4) is 0 Å². The van der Waals surface area contributed by atoms with Crippen LogP contribution in [0.1, 0.15) is 24.6 Å². The number of hydrogen-bond donors (Lipinski definition) is 3. The van der Waals surface area contributed by atoms with E-state index in [1.165, 1.54) is 11.9 Å². The summed E-state index contributed by atoms with van der Waals surface area (Å²) in [5.41, 5.74) is 2.25. The lowest BCUT2D eigenvalue weighted by Gasteiger charge is -2.34. The number of piperazine rings is 1. The molecule has 0 spiro atoms. The van der Waals surface area contributed by atoms with Crippen molar-refractivity contribution in [1.29, 1.82) is 0 Å². The molecule has 0 aliphatic carbocycles. The molecule has 0 radical (unpaired) electrons. The zero-order valence-corrected chi connectivity index (χ0v) is 23.5. The van der Waals surface area contributed by atoms with Gasteiger partial charge in [0.1, 0.15) is 17.2 Å². The molecular formula is C28H37N9O2S. The standard InChI is InChI=1S/C28H35N9O2S.H2/c1-3-13-29-27(38)23-20-30-28(31-21-9-11-22(12-10-21)37-16-14-36(2)15-17-37)34-26(23)33-24-7-6-8-25(32-24)35-40(39)18-4-5-19-40;/h3,6-12,20H,1,4-5,13-19H2,2H3,(H,29,38)(H2,30,31,32,33,34);1H. The van der Waals surface area contributed by atoms with Crippen molar-refractivity contribution in [2.24, 2.45) is 4.36 Å². The molecule has 2 aliphatic heterocycles. The average molecular weight is 564 g/mol. The number of hydrogen-bond acceptors (Lipinski definition) is 10. The van der Waals surface area contributed by atoms with E-state index >= 15 is 0 Å². The third-order valence-corrected chi connectivity index (χ3v) is 9.22. The number of nitrogens with one attached hydrogen (secondary N) is 3. The summed E-state index contributed by atoms with van der Waals surface area (Å²) < 4.78 is 17.3. The number of anilines is 5. The Morgan fingerprint density at radius 1 is 1.07 bits per heavy atom. The fraction of sp³-hybridized carbons (Fsp3) is 0.357. The van der Waals surface area contributed by atoms with Crippen LogP contribution in [0.25, 0.3) is 0 Å². The number of carbonyl (C=O) groups excluding carboxylic acids is 1. The molecular weight excluding hydrogens is 526 g/mol. The molecule has 11 nitrogen and oxygen atoms in total. The van der Waals surface area contributed by atoms with E-state index in [9.17, 15) is 9.00 Å². The summed E-state index contributed by atoms with van der Waals surface area (Å²) in [6, 6.07) is 13.4. The van der Waals surface area contributed by atoms with Gasteiger partial charge in [-0.1, -0.05) is 12.1 Å². The van der Waals surface area contributed by atoms with E-state index in [0.717, 1.165) is 44.7 Å². The van der Waals surface area contributed by atoms with E-state index in [1.54, 1.807) is 24.3 Å². The predicted octanol–water partition coefficient (Wildman–Crippen LogP) is 4.17. The average Bonchev–Trinajstić information content (AvgIpc) is 3.38. The number of nitrogens with zero attached hydrogens (tertiary/aromatic N) is 6. The molecule has 40 heavy (non-hydrogen) atoms. The van der Waals surface area contributed by atoms with Gasteiger partial charge in [0.25, 0.3) is 5.91 Å². The van der Waals surface area contributed by atoms with Crippen LogP contribution in [0.2, 0.25) is 0 Å². The lowest BCUT2D eigenvalue weighted by molar-refractivity contribution is 0.0958. The maximum absolute atomic E-state index is 12.9. The fourth-order valence-corrected chi connectivity index (χ4v) is 6.74. The van der Waals surface area contributed by atoms with Crippen molar-refractivity contribution in [3.05, 3.63) is 66.9 Å². The van der Waals surface area contributed by atoms with Gasteiger partial charge in [0, 0.05) is 63.2 Å². The Morgan fingerprint density at radius 3 is 2.55 bits per heavy atom. The maximum atomic E-state index is 12.9. The smallest absolute Gasteiger partial charge is 0.256 e. The lowest BCUT2D eigenvalue weighted by Crippen LogP contribution is -2.44. The number of rotatable bonds is 9. The third kappa shape index (κ3) is 6.93. The molecule has 1 aromatic carbocycles. The molecule has 0 bridgehead atoms. The number of pyridine rings is 1. The van der Waals surface area contributed by atoms with Crippen LogP contribution >= 0.6 is 0 Å². The van der Waals surface area contributed by atoms with E-state index in [-0.39, 0.29) is 18.7 Å². The van der Waals surface area contributed by atoms with Gasteiger partial charge in [-0.3, -0.25) is 4.79 Å². The van der Waals surface area contributed by atoms with Crippen molar-refractivity contribution in [2.75, 3.05) is 66.8 Å². The minimum atomic E-state index is -2.26. The van der Waals surface area contributed by atoms with Gasteiger partial charge in [-0.2, -0.15) is 9.35 Å². The predicted molar refractivity (Wildman–Crippen MR) is 163 cm³/mol. The molecule has 4 heterocycles. The number of likely N-dealkylation sites (N-methyl/N-ethyl adjacent to an activating group) is 1. The molecule has 3 N–H and O–H groups in total. The molecule has 212 valence electrons. The third-order valence-electron chi connectivity index (χ3n) is 6.85. The summed E-state index contributed by atoms with van der Waals surface area (Å²) in [6.45, 7) is 8.04. The number of aromatic nitrogens is 3. The minimum absolute atomic E-state index is 0. The van der Waals surface area contributed by atoms with Gasteiger partial charge in [-0.05, 0) is 56.3 Å². The summed E-state index contributed by atoms with van der Waals surface area (Å²) in [4.78, 5) is 31.0. The Balaban J connectivity index is 0.00000387. The van der Waals surface area contributed by atoms with Crippen LogP contribution < -0.4 is 20.9 Å². The van der Waals surface area contributed by atoms with Crippen LogP contribution in [-0.4, -0.2) is 81.2 Å². The monoisotopic (exact) mass is 563 g/mol. The second-order valence-electron chi connectivity index (χ2n) is 9.90. The highest BCUT2D eigenvalue weighted by Crippen LogP contribution is 2.25. The van der Waals surface area contributed by atoms with Crippen molar-refractivity contribution < 1.29 is 10.4 Å². The molecule has 0 unspecified atom stereocenters. The van der Waals surface area contributed by atoms with E-state index in [4.69, 9.17) is 0 Å². The van der Waals surface area contributed by atoms with Gasteiger partial charge in [0.05, 0.1) is 9.73 Å². The summed E-state index contributed by atoms with van der Waals surface area (Å²) in [5, 5.41) is 9.13. The van der Waals surface area contributed by atoms with Crippen molar-refractivity contribution >= 4 is 50.4 Å². The van der Waals surface area contributed by atoms with Crippen LogP contribution in [0.15, 0.2) is 65.7 Å². The Labute approximate surface area is 236 Å². The topological polar surface area (TPSA) is 128 Å². The van der Waals surface area contributed by atoms with E-state index < -0.39 is 9.73 Å². The molecule has 2 aliphatic rings. The van der Waals surface area contributed by atoms with Crippen molar-refractivity contribution in [1.82, 2.24) is 25.2 Å². The quantitative estimate of drug-likeness (QED) is 0.329. The SMILES string of the molecule is C=CCNC(=O)c1cnc(Nc2ccc(N3CCN(C)CC3)cc2)nc1Nc1cccc(N=S2(=O)CCCC2)n1.[HH]. The first-order valence-corrected chi connectivity index (χ1v) is 15.3. The van der Waals surface area contributed by atoms with Gasteiger partial charge in [0.15, 0.2) is 5.82 Å². The fourth-order valence-electron chi connectivity index (χ4n) is 4.60. The highest BCUT2D eigenvalue weighted by Gasteiger charge is 2.19. The first kappa shape index (κ1) is 27.5. The molecule has 3 aromatic rings. The second kappa shape index (κ2) is 12.4. The highest BCUT2D eigenvalue weighted by atomic mass is 32.2. The van der Waals surface area contributed by atoms with E-state index in [2.05, 4.69) is 70.8 Å². The Morgan fingerprint density at radius 2 is 1.82 bits per heavy atom. The first-order chi connectivity index (χ1) is 19.4. The van der Waals surface area contributed by atoms with E-state index in [1.807, 2.05) is 12.1 Å². The molecule has 0 atom stereocenters. The minimum Gasteiger partial charge on any atom is -0.369 e. The van der Waals surface area contributed by atoms with Gasteiger partial charge in [0.2, 0.25) is 5.95 Å². The zero-order chi connectivity index (χ0) is 28.0. The molecule has 2 aromatic heterocycles. The van der Waals surface area contributed by atoms with Crippen LogP contribution in [0.5, 0.6) is 0 Å². The number of carbonyl (C=O) groups is 1. The van der Waals surface area contributed by atoms with Crippen molar-refractivity contribution in [3.63, 3.8) is 0 Å². The number of benzene rings is 1. The van der Waals surface area contributed by atoms with Gasteiger partial charge in [-0.15, -0.1) is 6.58 Å². The summed E-state index contributed by atoms with van der Waals surface area (Å²) in [6.07, 6.45) is 4.90. The normalized spacial score (nSPS) is 16.8. The summed E-state index contributed by atoms with van der Waals surface area (Å²) in [5.74, 6) is 2.27. The Hall–Kier alpha value is -4.03. The molecule has 2 fully saturated rings. The highest BCUT2D eigenvalue weighted by molar-refractivity contribution is 7.93. The molecule has 12 heteroatoms. The molecule has 5 rings (SSSR count). The second-order valence-corrected chi connectivity index (χ2v) is 12.4. The lowest BCUT2D eigenvalue weighted by atomic mass is 10.2. The van der Waals surface area contributed by atoms with Gasteiger partial charge < -0.3 is 25.8 Å². The van der Waals surface area contributed by atoms with Gasteiger partial charge in [-0.25, -0.2) is 14.2 Å². The zero-order valence-electron chi connectivity index (χ0n) is 22.7. The Bertz CT molecular complexity index is 1470. The summed E-state index contributed by atoms with van der Waals surface area (Å²) in [7, 11) is -0.120. The van der Waals surface area contributed by atoms with Gasteiger partial charge >= 0.3 is 0 Å². The van der Waals surface area contributed by atoms with Crippen molar-refractivity contribution in [3.8, 4) is 0 Å². The van der Waals surface area contributed by atoms with Crippen LogP contribution in [0, 0.1) is 0 Å². The van der Waals surface area contributed by atoms with Crippen LogP contribution in [-0.2, 0) is 9.73 Å². The molecule has 2 saturated heterocycles. The first-order valence-electron chi connectivity index (χ1n) is 13.4. The number of amides is 1. The Kier molecular flexibility index (Phi) is 8.56. The largest absolute Gasteiger partial charge is 0.369 e. The van der Waals surface area contributed by atoms with Crippen molar-refractivity contribution in [2.45, 2.75) is 12.8 Å². The maximum Gasteiger partial charge on any atom is 0.256 e.